The van der Waals surface area contributed by atoms with Gasteiger partial charge in [0, 0.05) is 10.9 Å². The number of carbonyl (C=O) groups is 2. The van der Waals surface area contributed by atoms with Crippen LogP contribution in [0.15, 0.2) is 23.6 Å². The van der Waals surface area contributed by atoms with Crippen molar-refractivity contribution in [1.82, 2.24) is 10.3 Å². The smallest absolute Gasteiger partial charge is 0.407 e. The highest BCUT2D eigenvalue weighted by Crippen LogP contribution is 2.35. The van der Waals surface area contributed by atoms with E-state index < -0.39 is 12.1 Å². The van der Waals surface area contributed by atoms with Gasteiger partial charge in [-0.3, -0.25) is 4.79 Å². The topological polar surface area (TPSA) is 98.8 Å². The number of thiazole rings is 1. The molecule has 2 aromatic rings. The predicted molar refractivity (Wildman–Crippen MR) is 108 cm³/mol. The lowest BCUT2D eigenvalue weighted by Crippen LogP contribution is -2.44. The monoisotopic (exact) mass is 407 g/mol. The van der Waals surface area contributed by atoms with Crippen molar-refractivity contribution in [1.29, 1.82) is 0 Å². The molecule has 1 aromatic carbocycles. The zero-order chi connectivity index (χ0) is 20.7. The van der Waals surface area contributed by atoms with Crippen LogP contribution in [-0.2, 0) is 9.53 Å². The van der Waals surface area contributed by atoms with Crippen LogP contribution >= 0.6 is 11.3 Å². The lowest BCUT2D eigenvalue weighted by atomic mass is 10.0. The summed E-state index contributed by atoms with van der Waals surface area (Å²) in [7, 11) is 4.42. The molecule has 0 aliphatic rings. The first-order chi connectivity index (χ1) is 13.4. The van der Waals surface area contributed by atoms with Crippen molar-refractivity contribution in [2.75, 3.05) is 26.6 Å². The Morgan fingerprint density at radius 3 is 2.54 bits per heavy atom. The van der Waals surface area contributed by atoms with Gasteiger partial charge in [-0.25, -0.2) is 9.78 Å². The summed E-state index contributed by atoms with van der Waals surface area (Å²) >= 11 is 1.28. The number of ether oxygens (including phenoxy) is 3. The van der Waals surface area contributed by atoms with Gasteiger partial charge < -0.3 is 24.8 Å². The van der Waals surface area contributed by atoms with Crippen molar-refractivity contribution in [2.24, 2.45) is 5.92 Å². The van der Waals surface area contributed by atoms with Crippen molar-refractivity contribution in [3.63, 3.8) is 0 Å². The average Bonchev–Trinajstić information content (AvgIpc) is 3.14. The Kier molecular flexibility index (Phi) is 7.62. The molecule has 1 heterocycles. The van der Waals surface area contributed by atoms with Crippen LogP contribution in [0, 0.1) is 5.92 Å². The molecule has 0 radical (unpaired) electrons. The molecule has 2 rings (SSSR count). The molecule has 152 valence electrons. The van der Waals surface area contributed by atoms with Crippen molar-refractivity contribution in [3.05, 3.63) is 23.6 Å². The Bertz CT molecular complexity index is 822. The molecule has 1 aromatic heterocycles. The molecule has 0 saturated heterocycles. The number of nitrogens with one attached hydrogen (secondary N) is 2. The summed E-state index contributed by atoms with van der Waals surface area (Å²) in [6.07, 6.45) is -0.176. The van der Waals surface area contributed by atoms with Crippen LogP contribution in [0.25, 0.3) is 11.3 Å². The van der Waals surface area contributed by atoms with Crippen LogP contribution in [0.1, 0.15) is 20.3 Å². The third kappa shape index (κ3) is 5.59. The zero-order valence-electron chi connectivity index (χ0n) is 16.6. The Morgan fingerprint density at radius 1 is 1.18 bits per heavy atom. The number of hydrogen-bond donors (Lipinski definition) is 2. The first kappa shape index (κ1) is 21.5. The van der Waals surface area contributed by atoms with Crippen LogP contribution in [0.3, 0.4) is 0 Å². The number of alkyl carbamates (subject to hydrolysis) is 1. The van der Waals surface area contributed by atoms with Crippen molar-refractivity contribution >= 4 is 28.5 Å². The maximum Gasteiger partial charge on any atom is 0.407 e. The van der Waals surface area contributed by atoms with E-state index in [1.165, 1.54) is 18.4 Å². The minimum absolute atomic E-state index is 0.209. The lowest BCUT2D eigenvalue weighted by Gasteiger charge is -2.18. The number of hydrogen-bond acceptors (Lipinski definition) is 7. The number of rotatable bonds is 8. The Hall–Kier alpha value is -2.81. The summed E-state index contributed by atoms with van der Waals surface area (Å²) in [4.78, 5) is 28.6. The van der Waals surface area contributed by atoms with E-state index in [4.69, 9.17) is 9.47 Å². The molecule has 1 atom stereocenters. The number of anilines is 1. The molecule has 1 unspecified atom stereocenters. The van der Waals surface area contributed by atoms with Crippen LogP contribution in [0.5, 0.6) is 11.5 Å². The second kappa shape index (κ2) is 9.93. The summed E-state index contributed by atoms with van der Waals surface area (Å²) in [5, 5.41) is 7.56. The molecule has 0 aliphatic heterocycles. The molecular weight excluding hydrogens is 382 g/mol. The van der Waals surface area contributed by atoms with Crippen LogP contribution in [-0.4, -0.2) is 44.4 Å². The zero-order valence-corrected chi connectivity index (χ0v) is 17.4. The molecule has 0 aliphatic carbocycles. The number of aromatic nitrogens is 1. The summed E-state index contributed by atoms with van der Waals surface area (Å²) in [6, 6.07) is 4.70. The van der Waals surface area contributed by atoms with Gasteiger partial charge in [-0.2, -0.15) is 0 Å². The van der Waals surface area contributed by atoms with Gasteiger partial charge in [0.1, 0.15) is 17.5 Å². The van der Waals surface area contributed by atoms with Gasteiger partial charge in [-0.1, -0.05) is 13.8 Å². The highest BCUT2D eigenvalue weighted by molar-refractivity contribution is 7.14. The minimum atomic E-state index is -0.717. The number of carbonyl (C=O) groups excluding carboxylic acids is 2. The molecule has 8 nitrogen and oxygen atoms in total. The molecule has 0 fully saturated rings. The highest BCUT2D eigenvalue weighted by atomic mass is 32.1. The van der Waals surface area contributed by atoms with Gasteiger partial charge in [-0.15, -0.1) is 11.3 Å². The molecule has 0 saturated carbocycles. The molecule has 9 heteroatoms. The van der Waals surface area contributed by atoms with E-state index in [0.29, 0.717) is 28.7 Å². The maximum atomic E-state index is 12.6. The molecule has 28 heavy (non-hydrogen) atoms. The first-order valence-corrected chi connectivity index (χ1v) is 9.59. The Labute approximate surface area is 168 Å². The fourth-order valence-electron chi connectivity index (χ4n) is 2.57. The molecule has 2 amide bonds. The number of nitrogens with zero attached hydrogens (tertiary/aromatic N) is 1. The predicted octanol–water partition coefficient (Wildman–Crippen LogP) is 3.54. The van der Waals surface area contributed by atoms with Crippen molar-refractivity contribution in [3.8, 4) is 22.8 Å². The molecule has 0 bridgehead atoms. The lowest BCUT2D eigenvalue weighted by molar-refractivity contribution is -0.118. The molecule has 0 spiro atoms. The van der Waals surface area contributed by atoms with Gasteiger partial charge in [0.05, 0.1) is 27.0 Å². The first-order valence-electron chi connectivity index (χ1n) is 8.71. The normalized spacial score (nSPS) is 11.6. The summed E-state index contributed by atoms with van der Waals surface area (Å²) < 4.78 is 15.3. The summed E-state index contributed by atoms with van der Waals surface area (Å²) in [5.74, 6) is 1.18. The standard InChI is InChI=1S/C19H25N3O5S/c1-11(2)8-14(21-19(24)27-5)17(23)22-18-20-15(10-28-18)13-9-12(25-3)6-7-16(13)26-4/h6-7,9-11,14H,8H2,1-5H3,(H,21,24)(H,20,22,23). The summed E-state index contributed by atoms with van der Waals surface area (Å²) in [5.41, 5.74) is 1.41. The van der Waals surface area contributed by atoms with E-state index in [-0.39, 0.29) is 11.8 Å². The van der Waals surface area contributed by atoms with E-state index in [0.717, 1.165) is 5.56 Å². The minimum Gasteiger partial charge on any atom is -0.497 e. The number of amides is 2. The molecule has 2 N–H and O–H groups in total. The van der Waals surface area contributed by atoms with Crippen LogP contribution < -0.4 is 20.1 Å². The highest BCUT2D eigenvalue weighted by Gasteiger charge is 2.23. The van der Waals surface area contributed by atoms with Gasteiger partial charge in [0.25, 0.3) is 0 Å². The fraction of sp³-hybridized carbons (Fsp3) is 0.421. The Balaban J connectivity index is 2.19. The third-order valence-electron chi connectivity index (χ3n) is 3.92. The second-order valence-electron chi connectivity index (χ2n) is 6.41. The quantitative estimate of drug-likeness (QED) is 0.694. The number of benzene rings is 1. The van der Waals surface area contributed by atoms with Gasteiger partial charge in [-0.05, 0) is 30.5 Å². The van der Waals surface area contributed by atoms with Gasteiger partial charge in [0.2, 0.25) is 5.91 Å². The number of methoxy groups -OCH3 is 3. The third-order valence-corrected chi connectivity index (χ3v) is 4.68. The summed E-state index contributed by atoms with van der Waals surface area (Å²) in [6.45, 7) is 3.94. The van der Waals surface area contributed by atoms with E-state index in [2.05, 4.69) is 20.4 Å². The van der Waals surface area contributed by atoms with Gasteiger partial charge >= 0.3 is 6.09 Å². The van der Waals surface area contributed by atoms with Crippen molar-refractivity contribution in [2.45, 2.75) is 26.3 Å². The van der Waals surface area contributed by atoms with Crippen molar-refractivity contribution < 1.29 is 23.8 Å². The fourth-order valence-corrected chi connectivity index (χ4v) is 3.28. The van der Waals surface area contributed by atoms with Crippen LogP contribution in [0.2, 0.25) is 0 Å². The van der Waals surface area contributed by atoms with E-state index in [1.807, 2.05) is 25.3 Å². The van der Waals surface area contributed by atoms with E-state index >= 15 is 0 Å². The second-order valence-corrected chi connectivity index (χ2v) is 7.27. The van der Waals surface area contributed by atoms with E-state index in [9.17, 15) is 9.59 Å². The Morgan fingerprint density at radius 2 is 1.93 bits per heavy atom. The molecular formula is C19H25N3O5S. The maximum absolute atomic E-state index is 12.6. The average molecular weight is 407 g/mol. The SMILES string of the molecule is COC(=O)NC(CC(C)C)C(=O)Nc1nc(-c2cc(OC)ccc2OC)cs1. The van der Waals surface area contributed by atoms with Crippen LogP contribution in [0.4, 0.5) is 9.93 Å². The largest absolute Gasteiger partial charge is 0.497 e. The van der Waals surface area contributed by atoms with Gasteiger partial charge in [0.15, 0.2) is 5.13 Å². The van der Waals surface area contributed by atoms with E-state index in [1.54, 1.807) is 26.4 Å².